The molecule has 2 aliphatic rings. The minimum absolute atomic E-state index is 0.0330. The summed E-state index contributed by atoms with van der Waals surface area (Å²) < 4.78 is 43.5. The van der Waals surface area contributed by atoms with Gasteiger partial charge in [0, 0.05) is 19.0 Å². The molecule has 1 aliphatic heterocycles. The zero-order valence-corrected chi connectivity index (χ0v) is 19.6. The molecule has 0 saturated carbocycles. The van der Waals surface area contributed by atoms with Crippen LogP contribution in [-0.2, 0) is 27.7 Å². The van der Waals surface area contributed by atoms with Gasteiger partial charge in [-0.3, -0.25) is 4.79 Å². The molecule has 1 saturated heterocycles. The molecule has 2 heterocycles. The maximum atomic E-state index is 14.4. The first kappa shape index (κ1) is 22.6. The maximum Gasteiger partial charge on any atom is 0.243 e. The summed E-state index contributed by atoms with van der Waals surface area (Å²) in [5.74, 6) is -0.788. The van der Waals surface area contributed by atoms with Crippen LogP contribution in [0, 0.1) is 18.7 Å². The average molecular weight is 485 g/mol. The Bertz CT molecular complexity index is 1350. The number of aromatic nitrogens is 4. The number of fused-ring (bicyclic) bond motifs is 1. The van der Waals surface area contributed by atoms with Crippen molar-refractivity contribution in [3.05, 3.63) is 59.2 Å². The summed E-state index contributed by atoms with van der Waals surface area (Å²) in [4.78, 5) is 13.2. The molecule has 178 valence electrons. The van der Waals surface area contributed by atoms with E-state index in [1.54, 1.807) is 19.1 Å². The third-order valence-electron chi connectivity index (χ3n) is 6.61. The number of hydrogen-bond acceptors (Lipinski definition) is 6. The molecule has 0 atom stereocenters. The van der Waals surface area contributed by atoms with Gasteiger partial charge in [0.2, 0.25) is 15.9 Å². The van der Waals surface area contributed by atoms with E-state index in [4.69, 9.17) is 0 Å². The Morgan fingerprint density at radius 1 is 1.09 bits per heavy atom. The summed E-state index contributed by atoms with van der Waals surface area (Å²) >= 11 is 0. The third-order valence-corrected chi connectivity index (χ3v) is 8.50. The molecule has 1 amide bonds. The molecule has 2 aromatic carbocycles. The van der Waals surface area contributed by atoms with Gasteiger partial charge in [0.25, 0.3) is 0 Å². The van der Waals surface area contributed by atoms with Crippen LogP contribution in [0.5, 0.6) is 0 Å². The van der Waals surface area contributed by atoms with E-state index in [1.165, 1.54) is 32.7 Å². The van der Waals surface area contributed by atoms with Gasteiger partial charge in [-0.05, 0) is 90.9 Å². The van der Waals surface area contributed by atoms with E-state index >= 15 is 0 Å². The van der Waals surface area contributed by atoms with Gasteiger partial charge in [-0.2, -0.15) is 8.99 Å². The lowest BCUT2D eigenvalue weighted by atomic mass is 9.97. The smallest absolute Gasteiger partial charge is 0.243 e. The molecule has 0 radical (unpaired) electrons. The zero-order chi connectivity index (χ0) is 23.9. The fourth-order valence-corrected chi connectivity index (χ4v) is 6.18. The highest BCUT2D eigenvalue weighted by Gasteiger charge is 2.33. The van der Waals surface area contributed by atoms with Crippen LogP contribution in [0.2, 0.25) is 0 Å². The molecule has 0 bridgehead atoms. The molecule has 1 N–H and O–H groups in total. The molecule has 9 nitrogen and oxygen atoms in total. The third kappa shape index (κ3) is 4.21. The van der Waals surface area contributed by atoms with Crippen molar-refractivity contribution in [2.75, 3.05) is 18.4 Å². The van der Waals surface area contributed by atoms with Gasteiger partial charge in [-0.1, -0.05) is 6.07 Å². The summed E-state index contributed by atoms with van der Waals surface area (Å²) in [7, 11) is -3.61. The van der Waals surface area contributed by atoms with Gasteiger partial charge in [0.15, 0.2) is 5.82 Å². The number of benzene rings is 2. The predicted octanol–water partition coefficient (Wildman–Crippen LogP) is 2.64. The standard InChI is InChI=1S/C23H25FN6O3S/c1-15-26-27-28-30(15)19-6-8-21(24)22(14-19)25-23(31)17-9-11-29(12-10-17)34(32,33)20-7-5-16-3-2-4-18(16)13-20/h5-8,13-14,17H,2-4,9-12H2,1H3,(H,25,31). The predicted molar refractivity (Wildman–Crippen MR) is 122 cm³/mol. The summed E-state index contributed by atoms with van der Waals surface area (Å²) in [6.45, 7) is 2.19. The highest BCUT2D eigenvalue weighted by molar-refractivity contribution is 7.89. The number of piperidine rings is 1. The van der Waals surface area contributed by atoms with Crippen molar-refractivity contribution in [2.24, 2.45) is 5.92 Å². The van der Waals surface area contributed by atoms with Crippen molar-refractivity contribution in [2.45, 2.75) is 43.9 Å². The Morgan fingerprint density at radius 3 is 2.59 bits per heavy atom. The molecule has 0 spiro atoms. The number of carbonyl (C=O) groups is 1. The second kappa shape index (κ2) is 8.88. The van der Waals surface area contributed by atoms with Crippen LogP contribution >= 0.6 is 0 Å². The van der Waals surface area contributed by atoms with Crippen LogP contribution in [-0.4, -0.2) is 51.9 Å². The van der Waals surface area contributed by atoms with Crippen LogP contribution in [0.3, 0.4) is 0 Å². The SMILES string of the molecule is Cc1nnnn1-c1ccc(F)c(NC(=O)C2CCN(S(=O)(=O)c3ccc4c(c3)CCC4)CC2)c1. The van der Waals surface area contributed by atoms with E-state index in [0.29, 0.717) is 29.2 Å². The molecular weight excluding hydrogens is 459 g/mol. The molecule has 1 aromatic heterocycles. The lowest BCUT2D eigenvalue weighted by Crippen LogP contribution is -2.41. The van der Waals surface area contributed by atoms with Gasteiger partial charge in [-0.25, -0.2) is 12.8 Å². The number of halogens is 1. The molecule has 34 heavy (non-hydrogen) atoms. The van der Waals surface area contributed by atoms with Crippen LogP contribution in [0.25, 0.3) is 5.69 Å². The molecule has 5 rings (SSSR count). The number of sulfonamides is 1. The van der Waals surface area contributed by atoms with Crippen molar-refractivity contribution in [3.8, 4) is 5.69 Å². The monoisotopic (exact) mass is 484 g/mol. The number of carbonyl (C=O) groups excluding carboxylic acids is 1. The van der Waals surface area contributed by atoms with E-state index in [0.717, 1.165) is 24.8 Å². The Balaban J connectivity index is 1.25. The van der Waals surface area contributed by atoms with Crippen LogP contribution < -0.4 is 5.32 Å². The molecule has 11 heteroatoms. The molecule has 1 aliphatic carbocycles. The molecule has 3 aromatic rings. The Labute approximate surface area is 197 Å². The van der Waals surface area contributed by atoms with E-state index < -0.39 is 21.8 Å². The molecule has 0 unspecified atom stereocenters. The Kier molecular flexibility index (Phi) is 5.90. The highest BCUT2D eigenvalue weighted by Crippen LogP contribution is 2.29. The summed E-state index contributed by atoms with van der Waals surface area (Å²) in [5, 5.41) is 13.9. The number of tetrazole rings is 1. The number of nitrogens with zero attached hydrogens (tertiary/aromatic N) is 5. The van der Waals surface area contributed by atoms with Crippen molar-refractivity contribution in [1.29, 1.82) is 0 Å². The lowest BCUT2D eigenvalue weighted by molar-refractivity contribution is -0.120. The number of anilines is 1. The number of hydrogen-bond donors (Lipinski definition) is 1. The first-order valence-electron chi connectivity index (χ1n) is 11.3. The number of amides is 1. The minimum Gasteiger partial charge on any atom is -0.323 e. The Hall–Kier alpha value is -3.18. The van der Waals surface area contributed by atoms with Crippen molar-refractivity contribution in [3.63, 3.8) is 0 Å². The number of aryl methyl sites for hydroxylation is 3. The number of rotatable bonds is 5. The van der Waals surface area contributed by atoms with E-state index in [2.05, 4.69) is 20.8 Å². The Morgan fingerprint density at radius 2 is 1.85 bits per heavy atom. The fourth-order valence-electron chi connectivity index (χ4n) is 4.66. The van der Waals surface area contributed by atoms with Gasteiger partial charge in [-0.15, -0.1) is 5.10 Å². The van der Waals surface area contributed by atoms with Gasteiger partial charge in [0.05, 0.1) is 16.3 Å². The zero-order valence-electron chi connectivity index (χ0n) is 18.7. The molecule has 1 fully saturated rings. The van der Waals surface area contributed by atoms with Crippen LogP contribution in [0.15, 0.2) is 41.3 Å². The topological polar surface area (TPSA) is 110 Å². The first-order chi connectivity index (χ1) is 16.3. The van der Waals surface area contributed by atoms with Crippen molar-refractivity contribution < 1.29 is 17.6 Å². The van der Waals surface area contributed by atoms with Gasteiger partial charge < -0.3 is 5.32 Å². The summed E-state index contributed by atoms with van der Waals surface area (Å²) in [6.07, 6.45) is 3.69. The highest BCUT2D eigenvalue weighted by atomic mass is 32.2. The normalized spacial score (nSPS) is 17.0. The van der Waals surface area contributed by atoms with E-state index in [-0.39, 0.29) is 24.7 Å². The molecular formula is C23H25FN6O3S. The van der Waals surface area contributed by atoms with E-state index in [9.17, 15) is 17.6 Å². The largest absolute Gasteiger partial charge is 0.323 e. The lowest BCUT2D eigenvalue weighted by Gasteiger charge is -2.30. The second-order valence-electron chi connectivity index (χ2n) is 8.75. The van der Waals surface area contributed by atoms with Crippen molar-refractivity contribution >= 4 is 21.6 Å². The quantitative estimate of drug-likeness (QED) is 0.596. The summed E-state index contributed by atoms with van der Waals surface area (Å²) in [5.41, 5.74) is 2.89. The van der Waals surface area contributed by atoms with Crippen LogP contribution in [0.1, 0.15) is 36.2 Å². The van der Waals surface area contributed by atoms with E-state index in [1.807, 2.05) is 6.07 Å². The first-order valence-corrected chi connectivity index (χ1v) is 12.7. The van der Waals surface area contributed by atoms with Crippen LogP contribution in [0.4, 0.5) is 10.1 Å². The van der Waals surface area contributed by atoms with Crippen molar-refractivity contribution in [1.82, 2.24) is 24.5 Å². The minimum atomic E-state index is -3.61. The fraction of sp³-hybridized carbons (Fsp3) is 0.391. The number of nitrogens with one attached hydrogen (secondary N) is 1. The summed E-state index contributed by atoms with van der Waals surface area (Å²) in [6, 6.07) is 9.63. The van der Waals surface area contributed by atoms with Gasteiger partial charge in [0.1, 0.15) is 5.82 Å². The average Bonchev–Trinajstić information content (AvgIpc) is 3.49. The second-order valence-corrected chi connectivity index (χ2v) is 10.7. The maximum absolute atomic E-state index is 14.4. The van der Waals surface area contributed by atoms with Gasteiger partial charge >= 0.3 is 0 Å².